The number of carbonyl (C=O) groups is 1. The minimum absolute atomic E-state index is 0.0257. The Kier molecular flexibility index (Phi) is 6.94. The van der Waals surface area contributed by atoms with Gasteiger partial charge in [0.2, 0.25) is 0 Å². The zero-order valence-corrected chi connectivity index (χ0v) is 16.1. The maximum Gasteiger partial charge on any atom is 0.344 e. The van der Waals surface area contributed by atoms with Crippen LogP contribution in [-0.4, -0.2) is 38.3 Å². The third-order valence-corrected chi connectivity index (χ3v) is 8.97. The smallest absolute Gasteiger partial charge is 0.344 e. The molecule has 0 radical (unpaired) electrons. The molecule has 8 heteroatoms. The molecule has 0 aliphatic carbocycles. The number of rotatable bonds is 6. The highest BCUT2D eigenvalue weighted by molar-refractivity contribution is 8.25. The van der Waals surface area contributed by atoms with E-state index in [4.69, 9.17) is 18.5 Å². The van der Waals surface area contributed by atoms with Gasteiger partial charge in [-0.1, -0.05) is 13.8 Å². The van der Waals surface area contributed by atoms with Crippen molar-refractivity contribution in [2.24, 2.45) is 5.41 Å². The van der Waals surface area contributed by atoms with Crippen LogP contribution in [0.3, 0.4) is 0 Å². The molecule has 5 nitrogen and oxygen atoms in total. The molecule has 134 valence electrons. The van der Waals surface area contributed by atoms with Gasteiger partial charge in [0.25, 0.3) is 0 Å². The van der Waals surface area contributed by atoms with Crippen molar-refractivity contribution in [3.05, 3.63) is 30.1 Å². The van der Waals surface area contributed by atoms with Gasteiger partial charge in [0.15, 0.2) is 14.7 Å². The van der Waals surface area contributed by atoms with Crippen LogP contribution in [0.4, 0.5) is 4.39 Å². The topological polar surface area (TPSA) is 54.0 Å². The monoisotopic (exact) mass is 376 g/mol. The summed E-state index contributed by atoms with van der Waals surface area (Å²) in [7, 11) is -1.74. The van der Waals surface area contributed by atoms with Crippen molar-refractivity contribution in [3.8, 4) is 5.75 Å². The molecule has 0 N–H and O–H groups in total. The van der Waals surface area contributed by atoms with E-state index in [0.29, 0.717) is 19.0 Å². The van der Waals surface area contributed by atoms with Crippen molar-refractivity contribution in [1.82, 2.24) is 0 Å². The second kappa shape index (κ2) is 8.53. The van der Waals surface area contributed by atoms with Gasteiger partial charge in [0, 0.05) is 13.0 Å². The molecule has 1 aromatic carbocycles. The van der Waals surface area contributed by atoms with E-state index in [1.807, 2.05) is 13.6 Å². The highest BCUT2D eigenvalue weighted by Crippen LogP contribution is 2.72. The maximum absolute atomic E-state index is 12.8. The lowest BCUT2D eigenvalue weighted by Crippen LogP contribution is -2.28. The predicted molar refractivity (Wildman–Crippen MR) is 92.9 cm³/mol. The molecule has 1 fully saturated rings. The standard InChI is InChI=1S/C16H23FO5P2/c1-12(23(4)24-20-10-16(2,3)11-21-24)22-15(18)9-19-14-7-5-13(17)6-8-14/h5-8,12H,9-11H2,1-4H3. The summed E-state index contributed by atoms with van der Waals surface area (Å²) < 4.78 is 35.1. The molecular weight excluding hydrogens is 353 g/mol. The first-order valence-corrected chi connectivity index (χ1v) is 11.4. The largest absolute Gasteiger partial charge is 0.482 e. The molecule has 0 amide bonds. The Bertz CT molecular complexity index is 542. The van der Waals surface area contributed by atoms with Gasteiger partial charge in [0.05, 0.1) is 13.2 Å². The van der Waals surface area contributed by atoms with Crippen molar-refractivity contribution in [1.29, 1.82) is 0 Å². The van der Waals surface area contributed by atoms with E-state index >= 15 is 0 Å². The zero-order valence-electron chi connectivity index (χ0n) is 14.3. The van der Waals surface area contributed by atoms with Gasteiger partial charge in [-0.2, -0.15) is 0 Å². The fourth-order valence-corrected chi connectivity index (χ4v) is 6.10. The Labute approximate surface area is 144 Å². The minimum Gasteiger partial charge on any atom is -0.482 e. The highest BCUT2D eigenvalue weighted by atomic mass is 32.1. The number of halogens is 1. The van der Waals surface area contributed by atoms with Gasteiger partial charge < -0.3 is 18.5 Å². The number of esters is 1. The summed E-state index contributed by atoms with van der Waals surface area (Å²) in [5, 5.41) is 0. The van der Waals surface area contributed by atoms with Gasteiger partial charge >= 0.3 is 5.97 Å². The maximum atomic E-state index is 12.8. The van der Waals surface area contributed by atoms with Gasteiger partial charge in [-0.25, -0.2) is 9.18 Å². The molecule has 24 heavy (non-hydrogen) atoms. The molecule has 0 saturated carbocycles. The van der Waals surface area contributed by atoms with Crippen LogP contribution in [0.2, 0.25) is 0 Å². The molecule has 0 aromatic heterocycles. The third kappa shape index (κ3) is 5.93. The molecule has 0 bridgehead atoms. The second-order valence-electron chi connectivity index (χ2n) is 6.35. The van der Waals surface area contributed by atoms with E-state index < -0.39 is 21.6 Å². The fourth-order valence-electron chi connectivity index (χ4n) is 1.83. The van der Waals surface area contributed by atoms with Crippen LogP contribution in [0.15, 0.2) is 24.3 Å². The van der Waals surface area contributed by atoms with Gasteiger partial charge in [-0.15, -0.1) is 0 Å². The average molecular weight is 376 g/mol. The van der Waals surface area contributed by atoms with Crippen LogP contribution in [0, 0.1) is 11.2 Å². The number of hydrogen-bond donors (Lipinski definition) is 0. The summed E-state index contributed by atoms with van der Waals surface area (Å²) in [6.07, 6.45) is 0. The minimum atomic E-state index is -1.01. The Morgan fingerprint density at radius 2 is 1.92 bits per heavy atom. The average Bonchev–Trinajstić information content (AvgIpc) is 2.53. The molecule has 0 spiro atoms. The molecule has 1 heterocycles. The highest BCUT2D eigenvalue weighted by Gasteiger charge is 2.35. The number of benzene rings is 1. The molecule has 2 unspecified atom stereocenters. The Balaban J connectivity index is 1.75. The summed E-state index contributed by atoms with van der Waals surface area (Å²) >= 11 is 0. The van der Waals surface area contributed by atoms with E-state index in [9.17, 15) is 9.18 Å². The summed E-state index contributed by atoms with van der Waals surface area (Å²) in [6.45, 7) is 9.13. The first-order chi connectivity index (χ1) is 11.3. The van der Waals surface area contributed by atoms with Crippen LogP contribution < -0.4 is 4.74 Å². The number of carbonyl (C=O) groups excluding carboxylic acids is 1. The molecule has 1 aliphatic rings. The van der Waals surface area contributed by atoms with Crippen LogP contribution in [-0.2, 0) is 18.6 Å². The molecule has 1 aromatic rings. The Morgan fingerprint density at radius 3 is 2.50 bits per heavy atom. The quantitative estimate of drug-likeness (QED) is 0.540. The van der Waals surface area contributed by atoms with E-state index in [-0.39, 0.29) is 23.7 Å². The lowest BCUT2D eigenvalue weighted by molar-refractivity contribution is -0.147. The Hall–Kier alpha value is -0.800. The van der Waals surface area contributed by atoms with E-state index in [0.717, 1.165) is 0 Å². The Morgan fingerprint density at radius 1 is 1.33 bits per heavy atom. The first-order valence-electron chi connectivity index (χ1n) is 7.63. The zero-order chi connectivity index (χ0) is 17.7. The van der Waals surface area contributed by atoms with Crippen molar-refractivity contribution in [3.63, 3.8) is 0 Å². The van der Waals surface area contributed by atoms with Crippen molar-refractivity contribution < 1.29 is 27.7 Å². The first kappa shape index (κ1) is 19.5. The fraction of sp³-hybridized carbons (Fsp3) is 0.562. The van der Waals surface area contributed by atoms with Gasteiger partial charge in [-0.05, 0) is 37.9 Å². The van der Waals surface area contributed by atoms with Crippen LogP contribution >= 0.6 is 15.7 Å². The summed E-state index contributed by atoms with van der Waals surface area (Å²) in [5.41, 5.74) is 0.0257. The lowest BCUT2D eigenvalue weighted by Gasteiger charge is -2.37. The normalized spacial score (nSPS) is 20.2. The number of hydrogen-bond acceptors (Lipinski definition) is 5. The van der Waals surface area contributed by atoms with Gasteiger partial charge in [-0.3, -0.25) is 0 Å². The van der Waals surface area contributed by atoms with Crippen LogP contribution in [0.1, 0.15) is 20.8 Å². The van der Waals surface area contributed by atoms with Crippen LogP contribution in [0.25, 0.3) is 0 Å². The molecule has 2 atom stereocenters. The second-order valence-corrected chi connectivity index (χ2v) is 12.1. The van der Waals surface area contributed by atoms with Crippen LogP contribution in [0.5, 0.6) is 5.75 Å². The third-order valence-electron chi connectivity index (χ3n) is 3.39. The SMILES string of the molecule is CC(OC(=O)COc1ccc(F)cc1)P(C)P1OCC(C)(C)CO1. The molecule has 2 rings (SSSR count). The van der Waals surface area contributed by atoms with Crippen molar-refractivity contribution >= 4 is 21.6 Å². The molecule has 1 saturated heterocycles. The number of ether oxygens (including phenoxy) is 2. The molecule has 1 aliphatic heterocycles. The van der Waals surface area contributed by atoms with Crippen molar-refractivity contribution in [2.45, 2.75) is 26.6 Å². The predicted octanol–water partition coefficient (Wildman–Crippen LogP) is 4.51. The van der Waals surface area contributed by atoms with Gasteiger partial charge in [0.1, 0.15) is 17.4 Å². The lowest BCUT2D eigenvalue weighted by atomic mass is 9.97. The molecular formula is C16H23FO5P2. The van der Waals surface area contributed by atoms with E-state index in [1.54, 1.807) is 0 Å². The summed E-state index contributed by atoms with van der Waals surface area (Å²) in [4.78, 5) is 11.9. The summed E-state index contributed by atoms with van der Waals surface area (Å²) in [5.74, 6) is -0.677. The van der Waals surface area contributed by atoms with Crippen molar-refractivity contribution in [2.75, 3.05) is 26.5 Å². The van der Waals surface area contributed by atoms with E-state index in [1.165, 1.54) is 24.3 Å². The van der Waals surface area contributed by atoms with E-state index in [2.05, 4.69) is 13.8 Å². The summed E-state index contributed by atoms with van der Waals surface area (Å²) in [6, 6.07) is 5.48.